The molecule has 0 atom stereocenters. The summed E-state index contributed by atoms with van der Waals surface area (Å²) in [6.07, 6.45) is 0. The van der Waals surface area contributed by atoms with Gasteiger partial charge in [0.25, 0.3) is 0 Å². The minimum atomic E-state index is 0.560. The van der Waals surface area contributed by atoms with Gasteiger partial charge in [-0.25, -0.2) is 0 Å². The molecule has 0 N–H and O–H groups in total. The lowest BCUT2D eigenvalue weighted by Crippen LogP contribution is -1.87. The van der Waals surface area contributed by atoms with Crippen LogP contribution in [0.3, 0.4) is 0 Å². The highest BCUT2D eigenvalue weighted by molar-refractivity contribution is 6.17. The van der Waals surface area contributed by atoms with E-state index in [4.69, 9.17) is 0 Å². The molecule has 0 amide bonds. The van der Waals surface area contributed by atoms with Crippen LogP contribution in [0.15, 0.2) is 66.7 Å². The maximum atomic E-state index is 2.36. The fraction of sp³-hybridized carbons (Fsp3) is 0.143. The molecule has 0 heterocycles. The molecule has 0 saturated carbocycles. The Bertz CT molecular complexity index is 961. The van der Waals surface area contributed by atoms with Crippen molar-refractivity contribution in [1.82, 2.24) is 0 Å². The highest BCUT2D eigenvalue weighted by atomic mass is 14.1. The van der Waals surface area contributed by atoms with Gasteiger partial charge in [0.05, 0.1) is 0 Å². The first-order valence-electron chi connectivity index (χ1n) is 7.58. The van der Waals surface area contributed by atoms with Crippen molar-refractivity contribution in [3.63, 3.8) is 0 Å². The van der Waals surface area contributed by atoms with E-state index in [0.29, 0.717) is 5.92 Å². The van der Waals surface area contributed by atoms with Crippen LogP contribution in [0, 0.1) is 0 Å². The van der Waals surface area contributed by atoms with Crippen LogP contribution in [0.5, 0.6) is 0 Å². The maximum Gasteiger partial charge on any atom is -0.00989 e. The van der Waals surface area contributed by atoms with Gasteiger partial charge in [-0.15, -0.1) is 0 Å². The summed E-state index contributed by atoms with van der Waals surface area (Å²) in [6, 6.07) is 24.5. The van der Waals surface area contributed by atoms with Gasteiger partial charge in [0, 0.05) is 0 Å². The van der Waals surface area contributed by atoms with Crippen LogP contribution in [0.2, 0.25) is 0 Å². The molecule has 0 aliphatic heterocycles. The summed E-state index contributed by atoms with van der Waals surface area (Å²) in [7, 11) is 0. The van der Waals surface area contributed by atoms with Crippen LogP contribution in [0.25, 0.3) is 32.3 Å². The Kier molecular flexibility index (Phi) is 2.71. The molecule has 21 heavy (non-hydrogen) atoms. The second-order valence-corrected chi connectivity index (χ2v) is 6.08. The average Bonchev–Trinajstić information content (AvgIpc) is 2.53. The number of fused-ring (bicyclic) bond motifs is 5. The van der Waals surface area contributed by atoms with E-state index in [1.165, 1.54) is 37.9 Å². The fourth-order valence-electron chi connectivity index (χ4n) is 3.19. The fourth-order valence-corrected chi connectivity index (χ4v) is 3.19. The van der Waals surface area contributed by atoms with Crippen molar-refractivity contribution in [1.29, 1.82) is 0 Å². The quantitative estimate of drug-likeness (QED) is 0.357. The van der Waals surface area contributed by atoms with Gasteiger partial charge in [-0.2, -0.15) is 0 Å². The highest BCUT2D eigenvalue weighted by Gasteiger charge is 2.06. The van der Waals surface area contributed by atoms with Gasteiger partial charge < -0.3 is 0 Å². The third-order valence-electron chi connectivity index (χ3n) is 4.43. The topological polar surface area (TPSA) is 0 Å². The molecule has 0 nitrogen and oxygen atoms in total. The van der Waals surface area contributed by atoms with Crippen molar-refractivity contribution in [3.8, 4) is 0 Å². The van der Waals surface area contributed by atoms with E-state index in [1.807, 2.05) is 0 Å². The normalized spacial score (nSPS) is 11.8. The van der Waals surface area contributed by atoms with E-state index in [9.17, 15) is 0 Å². The Morgan fingerprint density at radius 3 is 1.95 bits per heavy atom. The van der Waals surface area contributed by atoms with E-state index in [0.717, 1.165) is 0 Å². The van der Waals surface area contributed by atoms with Crippen molar-refractivity contribution in [2.45, 2.75) is 19.8 Å². The molecule has 0 radical (unpaired) electrons. The summed E-state index contributed by atoms with van der Waals surface area (Å²) in [5.74, 6) is 0.560. The summed E-state index contributed by atoms with van der Waals surface area (Å²) in [4.78, 5) is 0. The standard InChI is InChI=1S/C21H18/c1-14(2)17-8-7-16-10-11-19-18-6-4-3-5-15(18)9-12-20(19)21(16)13-17/h3-14H,1-2H3. The molecule has 4 aromatic carbocycles. The lowest BCUT2D eigenvalue weighted by Gasteiger charge is -2.11. The minimum Gasteiger partial charge on any atom is -0.0616 e. The second-order valence-electron chi connectivity index (χ2n) is 6.08. The molecule has 0 heteroatoms. The van der Waals surface area contributed by atoms with Crippen molar-refractivity contribution in [2.24, 2.45) is 0 Å². The van der Waals surface area contributed by atoms with E-state index in [2.05, 4.69) is 80.6 Å². The Balaban J connectivity index is 2.17. The van der Waals surface area contributed by atoms with Crippen molar-refractivity contribution in [3.05, 3.63) is 72.3 Å². The lowest BCUT2D eigenvalue weighted by molar-refractivity contribution is 0.869. The third kappa shape index (κ3) is 1.91. The number of benzene rings is 4. The summed E-state index contributed by atoms with van der Waals surface area (Å²) in [5, 5.41) is 8.04. The van der Waals surface area contributed by atoms with Crippen molar-refractivity contribution >= 4 is 32.3 Å². The SMILES string of the molecule is CC(C)c1ccc2ccc3c4ccccc4ccc3c2c1. The first kappa shape index (κ1) is 12.4. The molecular weight excluding hydrogens is 252 g/mol. The second kappa shape index (κ2) is 4.60. The van der Waals surface area contributed by atoms with Crippen LogP contribution in [0.4, 0.5) is 0 Å². The maximum absolute atomic E-state index is 2.36. The smallest absolute Gasteiger partial charge is 0.00989 e. The van der Waals surface area contributed by atoms with Gasteiger partial charge >= 0.3 is 0 Å². The first-order chi connectivity index (χ1) is 10.2. The van der Waals surface area contributed by atoms with Gasteiger partial charge in [-0.05, 0) is 43.8 Å². The lowest BCUT2D eigenvalue weighted by atomic mass is 9.94. The van der Waals surface area contributed by atoms with E-state index in [-0.39, 0.29) is 0 Å². The molecule has 0 aliphatic carbocycles. The molecule has 0 unspecified atom stereocenters. The minimum absolute atomic E-state index is 0.560. The highest BCUT2D eigenvalue weighted by Crippen LogP contribution is 2.32. The van der Waals surface area contributed by atoms with Gasteiger partial charge in [0.15, 0.2) is 0 Å². The number of hydrogen-bond acceptors (Lipinski definition) is 0. The van der Waals surface area contributed by atoms with Crippen LogP contribution in [0.1, 0.15) is 25.3 Å². The van der Waals surface area contributed by atoms with Gasteiger partial charge in [-0.1, -0.05) is 80.6 Å². The first-order valence-corrected chi connectivity index (χ1v) is 7.58. The molecule has 4 aromatic rings. The molecule has 0 spiro atoms. The van der Waals surface area contributed by atoms with E-state index in [1.54, 1.807) is 0 Å². The van der Waals surface area contributed by atoms with Crippen LogP contribution >= 0.6 is 0 Å². The molecule has 0 saturated heterocycles. The molecule has 0 aliphatic rings. The van der Waals surface area contributed by atoms with Gasteiger partial charge in [0.2, 0.25) is 0 Å². The van der Waals surface area contributed by atoms with Crippen LogP contribution in [-0.4, -0.2) is 0 Å². The summed E-state index contributed by atoms with van der Waals surface area (Å²) in [6.45, 7) is 4.50. The monoisotopic (exact) mass is 270 g/mol. The Hall–Kier alpha value is -2.34. The predicted octanol–water partition coefficient (Wildman–Crippen LogP) is 6.27. The molecule has 0 aromatic heterocycles. The summed E-state index contributed by atoms with van der Waals surface area (Å²) < 4.78 is 0. The molecule has 0 fully saturated rings. The molecular formula is C21H18. The Morgan fingerprint density at radius 1 is 0.571 bits per heavy atom. The number of rotatable bonds is 1. The van der Waals surface area contributed by atoms with Crippen LogP contribution in [-0.2, 0) is 0 Å². The zero-order valence-corrected chi connectivity index (χ0v) is 12.4. The van der Waals surface area contributed by atoms with Gasteiger partial charge in [0.1, 0.15) is 0 Å². The molecule has 0 bridgehead atoms. The summed E-state index contributed by atoms with van der Waals surface area (Å²) >= 11 is 0. The largest absolute Gasteiger partial charge is 0.0616 e. The zero-order chi connectivity index (χ0) is 14.4. The Morgan fingerprint density at radius 2 is 1.19 bits per heavy atom. The third-order valence-corrected chi connectivity index (χ3v) is 4.43. The predicted molar refractivity (Wildman–Crippen MR) is 93.0 cm³/mol. The van der Waals surface area contributed by atoms with Crippen molar-refractivity contribution in [2.75, 3.05) is 0 Å². The van der Waals surface area contributed by atoms with E-state index >= 15 is 0 Å². The zero-order valence-electron chi connectivity index (χ0n) is 12.4. The average molecular weight is 270 g/mol. The van der Waals surface area contributed by atoms with Crippen LogP contribution < -0.4 is 0 Å². The van der Waals surface area contributed by atoms with Gasteiger partial charge in [-0.3, -0.25) is 0 Å². The Labute approximate surface area is 125 Å². The number of hydrogen-bond donors (Lipinski definition) is 0. The van der Waals surface area contributed by atoms with Crippen molar-refractivity contribution < 1.29 is 0 Å². The molecule has 102 valence electrons. The summed E-state index contributed by atoms with van der Waals surface area (Å²) in [5.41, 5.74) is 1.41. The molecule has 4 rings (SSSR count). The van der Waals surface area contributed by atoms with E-state index < -0.39 is 0 Å².